The van der Waals surface area contributed by atoms with E-state index in [-0.39, 0.29) is 12.4 Å². The highest BCUT2D eigenvalue weighted by molar-refractivity contribution is 5.87. The minimum absolute atomic E-state index is 0. The molecule has 0 heterocycles. The lowest BCUT2D eigenvalue weighted by Crippen LogP contribution is -2.25. The minimum Gasteiger partial charge on any atom is -0.481 e. The number of rotatable bonds is 5. The van der Waals surface area contributed by atoms with E-state index in [1.165, 1.54) is 42.0 Å². The van der Waals surface area contributed by atoms with E-state index in [9.17, 15) is 0 Å². The lowest BCUT2D eigenvalue weighted by Gasteiger charge is -2.17. The molecule has 3 heteroatoms. The van der Waals surface area contributed by atoms with E-state index in [1.54, 1.807) is 0 Å². The van der Waals surface area contributed by atoms with Gasteiger partial charge in [-0.1, -0.05) is 49.1 Å². The Hall–Kier alpha value is -1.69. The minimum atomic E-state index is 0. The zero-order chi connectivity index (χ0) is 14.5. The van der Waals surface area contributed by atoms with E-state index in [0.29, 0.717) is 12.6 Å². The highest BCUT2D eigenvalue weighted by Gasteiger charge is 2.16. The van der Waals surface area contributed by atoms with Gasteiger partial charge in [-0.3, -0.25) is 0 Å². The van der Waals surface area contributed by atoms with Gasteiger partial charge in [0.2, 0.25) is 0 Å². The van der Waals surface area contributed by atoms with Gasteiger partial charge < -0.3 is 10.1 Å². The standard InChI is InChI=1S/C19H21NO.ClH/c1-2-13-21-19-12-11-15-7-3-6-10-17(15)18(19)14-20-16-8-4-5-9-16;/h1,3,6-7,10-12,16,20H,4-5,8-9,13-14H2;1H. The normalized spacial score (nSPS) is 14.5. The van der Waals surface area contributed by atoms with Crippen LogP contribution >= 0.6 is 12.4 Å². The average Bonchev–Trinajstić information content (AvgIpc) is 3.04. The molecule has 1 aliphatic rings. The Morgan fingerprint density at radius 3 is 2.68 bits per heavy atom. The summed E-state index contributed by atoms with van der Waals surface area (Å²) in [5.74, 6) is 3.45. The molecule has 2 nitrogen and oxygen atoms in total. The van der Waals surface area contributed by atoms with Crippen LogP contribution in [0.15, 0.2) is 36.4 Å². The van der Waals surface area contributed by atoms with E-state index in [4.69, 9.17) is 11.2 Å². The number of halogens is 1. The highest BCUT2D eigenvalue weighted by Crippen LogP contribution is 2.29. The number of benzene rings is 2. The molecular weight excluding hydrogens is 294 g/mol. The number of hydrogen-bond acceptors (Lipinski definition) is 2. The Balaban J connectivity index is 0.00000176. The van der Waals surface area contributed by atoms with Gasteiger partial charge in [-0.05, 0) is 29.7 Å². The average molecular weight is 316 g/mol. The molecule has 0 spiro atoms. The topological polar surface area (TPSA) is 21.3 Å². The molecule has 0 unspecified atom stereocenters. The second kappa shape index (κ2) is 8.08. The summed E-state index contributed by atoms with van der Waals surface area (Å²) in [4.78, 5) is 0. The van der Waals surface area contributed by atoms with Crippen LogP contribution < -0.4 is 10.1 Å². The molecule has 0 atom stereocenters. The maximum atomic E-state index is 5.73. The molecule has 0 amide bonds. The molecule has 2 aromatic rings. The Labute approximate surface area is 138 Å². The molecule has 0 bridgehead atoms. The van der Waals surface area contributed by atoms with Crippen LogP contribution in [-0.4, -0.2) is 12.6 Å². The quantitative estimate of drug-likeness (QED) is 0.830. The van der Waals surface area contributed by atoms with Gasteiger partial charge in [0, 0.05) is 18.2 Å². The summed E-state index contributed by atoms with van der Waals surface area (Å²) >= 11 is 0. The van der Waals surface area contributed by atoms with Crippen LogP contribution in [0.1, 0.15) is 31.2 Å². The van der Waals surface area contributed by atoms with Crippen molar-refractivity contribution in [3.05, 3.63) is 42.0 Å². The van der Waals surface area contributed by atoms with Crippen molar-refractivity contribution in [1.82, 2.24) is 5.32 Å². The maximum Gasteiger partial charge on any atom is 0.148 e. The fourth-order valence-corrected chi connectivity index (χ4v) is 3.13. The summed E-state index contributed by atoms with van der Waals surface area (Å²) < 4.78 is 5.73. The van der Waals surface area contributed by atoms with Crippen molar-refractivity contribution >= 4 is 23.2 Å². The third-order valence-corrected chi connectivity index (χ3v) is 4.23. The number of fused-ring (bicyclic) bond motifs is 1. The molecule has 3 rings (SSSR count). The maximum absolute atomic E-state index is 5.73. The van der Waals surface area contributed by atoms with E-state index in [0.717, 1.165) is 12.3 Å². The summed E-state index contributed by atoms with van der Waals surface area (Å²) in [7, 11) is 0. The molecule has 0 saturated heterocycles. The summed E-state index contributed by atoms with van der Waals surface area (Å²) in [6.07, 6.45) is 10.6. The molecule has 1 saturated carbocycles. The van der Waals surface area contributed by atoms with Crippen LogP contribution in [0.25, 0.3) is 10.8 Å². The Morgan fingerprint density at radius 2 is 1.91 bits per heavy atom. The van der Waals surface area contributed by atoms with Crippen molar-refractivity contribution in [3.8, 4) is 18.1 Å². The first kappa shape index (κ1) is 16.7. The van der Waals surface area contributed by atoms with Gasteiger partial charge in [-0.15, -0.1) is 18.8 Å². The summed E-state index contributed by atoms with van der Waals surface area (Å²) in [6.45, 7) is 1.15. The summed E-state index contributed by atoms with van der Waals surface area (Å²) in [5.41, 5.74) is 1.22. The second-order valence-corrected chi connectivity index (χ2v) is 5.62. The molecule has 2 aromatic carbocycles. The Bertz CT molecular complexity index is 656. The van der Waals surface area contributed by atoms with Crippen molar-refractivity contribution in [1.29, 1.82) is 0 Å². The van der Waals surface area contributed by atoms with Crippen LogP contribution in [0, 0.1) is 12.3 Å². The SMILES string of the molecule is C#CCOc1ccc2ccccc2c1CNC1CCCC1.Cl. The fourth-order valence-electron chi connectivity index (χ4n) is 3.13. The van der Waals surface area contributed by atoms with Gasteiger partial charge in [0.25, 0.3) is 0 Å². The van der Waals surface area contributed by atoms with Crippen molar-refractivity contribution < 1.29 is 4.74 Å². The smallest absolute Gasteiger partial charge is 0.148 e. The molecule has 1 N–H and O–H groups in total. The zero-order valence-corrected chi connectivity index (χ0v) is 13.5. The fraction of sp³-hybridized carbons (Fsp3) is 0.368. The van der Waals surface area contributed by atoms with Crippen molar-refractivity contribution in [2.75, 3.05) is 6.61 Å². The molecule has 0 aromatic heterocycles. The van der Waals surface area contributed by atoms with Crippen LogP contribution in [-0.2, 0) is 6.54 Å². The van der Waals surface area contributed by atoms with Gasteiger partial charge in [-0.25, -0.2) is 0 Å². The molecule has 116 valence electrons. The first-order chi connectivity index (χ1) is 10.4. The van der Waals surface area contributed by atoms with Crippen molar-refractivity contribution in [3.63, 3.8) is 0 Å². The van der Waals surface area contributed by atoms with E-state index in [1.807, 2.05) is 6.07 Å². The van der Waals surface area contributed by atoms with Crippen LogP contribution in [0.4, 0.5) is 0 Å². The van der Waals surface area contributed by atoms with E-state index >= 15 is 0 Å². The molecule has 0 radical (unpaired) electrons. The third kappa shape index (κ3) is 3.74. The van der Waals surface area contributed by atoms with Gasteiger partial charge in [0.1, 0.15) is 12.4 Å². The third-order valence-electron chi connectivity index (χ3n) is 4.23. The van der Waals surface area contributed by atoms with Gasteiger partial charge in [0.05, 0.1) is 0 Å². The van der Waals surface area contributed by atoms with Gasteiger partial charge >= 0.3 is 0 Å². The van der Waals surface area contributed by atoms with Gasteiger partial charge in [0.15, 0.2) is 0 Å². The van der Waals surface area contributed by atoms with Crippen molar-refractivity contribution in [2.45, 2.75) is 38.3 Å². The molecule has 22 heavy (non-hydrogen) atoms. The predicted molar refractivity (Wildman–Crippen MR) is 94.6 cm³/mol. The monoisotopic (exact) mass is 315 g/mol. The number of hydrogen-bond donors (Lipinski definition) is 1. The van der Waals surface area contributed by atoms with Crippen LogP contribution in [0.2, 0.25) is 0 Å². The second-order valence-electron chi connectivity index (χ2n) is 5.62. The Morgan fingerprint density at radius 1 is 1.14 bits per heavy atom. The molecule has 1 aliphatic carbocycles. The molecular formula is C19H22ClNO. The molecule has 0 aliphatic heterocycles. The lowest BCUT2D eigenvalue weighted by molar-refractivity contribution is 0.364. The summed E-state index contributed by atoms with van der Waals surface area (Å²) in [5, 5.41) is 6.17. The number of terminal acetylenes is 1. The van der Waals surface area contributed by atoms with Crippen LogP contribution in [0.3, 0.4) is 0 Å². The first-order valence-electron chi connectivity index (χ1n) is 7.69. The predicted octanol–water partition coefficient (Wildman–Crippen LogP) is 4.31. The number of ether oxygens (including phenoxy) is 1. The number of nitrogens with one attached hydrogen (secondary N) is 1. The van der Waals surface area contributed by atoms with Gasteiger partial charge in [-0.2, -0.15) is 0 Å². The lowest BCUT2D eigenvalue weighted by atomic mass is 10.0. The highest BCUT2D eigenvalue weighted by atomic mass is 35.5. The Kier molecular flexibility index (Phi) is 6.12. The van der Waals surface area contributed by atoms with E-state index < -0.39 is 0 Å². The largest absolute Gasteiger partial charge is 0.481 e. The first-order valence-corrected chi connectivity index (χ1v) is 7.69. The zero-order valence-electron chi connectivity index (χ0n) is 12.7. The summed E-state index contributed by atoms with van der Waals surface area (Å²) in [6, 6.07) is 13.2. The molecule has 1 fully saturated rings. The van der Waals surface area contributed by atoms with Crippen molar-refractivity contribution in [2.24, 2.45) is 0 Å². The van der Waals surface area contributed by atoms with Crippen LogP contribution in [0.5, 0.6) is 5.75 Å². The van der Waals surface area contributed by atoms with E-state index in [2.05, 4.69) is 41.6 Å².